The van der Waals surface area contributed by atoms with E-state index >= 15 is 0 Å². The molecular weight excluding hydrogens is 394 g/mol. The second kappa shape index (κ2) is 9.44. The van der Waals surface area contributed by atoms with Gasteiger partial charge in [0.2, 0.25) is 0 Å². The topological polar surface area (TPSA) is 56.1 Å². The highest BCUT2D eigenvalue weighted by Crippen LogP contribution is 2.40. The Bertz CT molecular complexity index is 1110. The zero-order valence-corrected chi connectivity index (χ0v) is 20.0. The van der Waals surface area contributed by atoms with Crippen LogP contribution in [0.4, 0.5) is 11.4 Å². The Morgan fingerprint density at radius 3 is 2.44 bits per heavy atom. The lowest BCUT2D eigenvalue weighted by molar-refractivity contribution is -0.112. The van der Waals surface area contributed by atoms with E-state index < -0.39 is 5.91 Å². The molecule has 4 heteroatoms. The second-order valence-electron chi connectivity index (χ2n) is 9.03. The normalized spacial score (nSPS) is 15.0. The Balaban J connectivity index is 1.95. The summed E-state index contributed by atoms with van der Waals surface area (Å²) in [5, 5.41) is 12.5. The minimum absolute atomic E-state index is 0.0537. The van der Waals surface area contributed by atoms with Crippen molar-refractivity contribution in [3.63, 3.8) is 0 Å². The lowest BCUT2D eigenvalue weighted by Crippen LogP contribution is -2.45. The number of hydrogen-bond donors (Lipinski definition) is 1. The van der Waals surface area contributed by atoms with Gasteiger partial charge in [-0.3, -0.25) is 4.79 Å². The monoisotopic (exact) mass is 427 g/mol. The Morgan fingerprint density at radius 2 is 1.84 bits per heavy atom. The molecule has 3 rings (SSSR count). The van der Waals surface area contributed by atoms with Crippen molar-refractivity contribution in [1.82, 2.24) is 0 Å². The van der Waals surface area contributed by atoms with E-state index in [1.807, 2.05) is 31.2 Å². The van der Waals surface area contributed by atoms with Gasteiger partial charge in [0.1, 0.15) is 11.6 Å². The Morgan fingerprint density at radius 1 is 1.16 bits per heavy atom. The van der Waals surface area contributed by atoms with Gasteiger partial charge < -0.3 is 10.2 Å². The van der Waals surface area contributed by atoms with Gasteiger partial charge >= 0.3 is 0 Å². The molecule has 1 heterocycles. The molecule has 0 radical (unpaired) electrons. The maximum Gasteiger partial charge on any atom is 0.266 e. The van der Waals surface area contributed by atoms with Crippen LogP contribution >= 0.6 is 0 Å². The third-order valence-corrected chi connectivity index (χ3v) is 6.10. The van der Waals surface area contributed by atoms with Crippen LogP contribution in [-0.4, -0.2) is 18.0 Å². The van der Waals surface area contributed by atoms with Gasteiger partial charge in [0, 0.05) is 23.5 Å². The van der Waals surface area contributed by atoms with Crippen LogP contribution in [0, 0.1) is 18.3 Å². The molecule has 1 aliphatic heterocycles. The van der Waals surface area contributed by atoms with Crippen LogP contribution in [0.25, 0.3) is 11.6 Å². The number of nitrogens with zero attached hydrogens (tertiary/aromatic N) is 2. The summed E-state index contributed by atoms with van der Waals surface area (Å²) >= 11 is 0. The molecule has 0 saturated heterocycles. The second-order valence-corrected chi connectivity index (χ2v) is 9.03. The molecular formula is C28H33N3O. The quantitative estimate of drug-likeness (QED) is 0.422. The van der Waals surface area contributed by atoms with Gasteiger partial charge in [0.05, 0.1) is 5.54 Å². The summed E-state index contributed by atoms with van der Waals surface area (Å²) in [6.45, 7) is 13.9. The molecule has 0 bridgehead atoms. The summed E-state index contributed by atoms with van der Waals surface area (Å²) in [7, 11) is 0. The number of fused-ring (bicyclic) bond motifs is 1. The molecule has 32 heavy (non-hydrogen) atoms. The molecule has 0 unspecified atom stereocenters. The molecule has 1 N–H and O–H groups in total. The van der Waals surface area contributed by atoms with Crippen LogP contribution in [0.3, 0.4) is 0 Å². The van der Waals surface area contributed by atoms with Crippen molar-refractivity contribution < 1.29 is 4.79 Å². The van der Waals surface area contributed by atoms with E-state index in [4.69, 9.17) is 0 Å². The van der Waals surface area contributed by atoms with Crippen molar-refractivity contribution >= 4 is 28.9 Å². The third-order valence-electron chi connectivity index (χ3n) is 6.10. The predicted molar refractivity (Wildman–Crippen MR) is 135 cm³/mol. The maximum atomic E-state index is 12.8. The van der Waals surface area contributed by atoms with Crippen LogP contribution in [0.15, 0.2) is 48.0 Å². The molecule has 1 amide bonds. The number of amides is 1. The first kappa shape index (κ1) is 23.3. The summed E-state index contributed by atoms with van der Waals surface area (Å²) < 4.78 is 0. The molecule has 0 fully saturated rings. The van der Waals surface area contributed by atoms with Crippen molar-refractivity contribution in [1.29, 1.82) is 5.26 Å². The Labute approximate surface area is 192 Å². The molecule has 1 aliphatic rings. The number of rotatable bonds is 6. The largest absolute Gasteiger partial charge is 0.362 e. The lowest BCUT2D eigenvalue weighted by Gasteiger charge is -2.43. The minimum atomic E-state index is -0.394. The molecule has 0 saturated carbocycles. The highest BCUT2D eigenvalue weighted by Gasteiger charge is 2.31. The average molecular weight is 428 g/mol. The van der Waals surface area contributed by atoms with Crippen molar-refractivity contribution in [2.24, 2.45) is 0 Å². The van der Waals surface area contributed by atoms with Gasteiger partial charge in [0.15, 0.2) is 0 Å². The fraction of sp³-hybridized carbons (Fsp3) is 0.357. The highest BCUT2D eigenvalue weighted by atomic mass is 16.1. The SMILES string of the molecule is CCCN1c2cc(C)c(/C=C(\C#N)C(=O)Nc3ccc(CC)cc3)cc2C(C)=CC1(C)C. The van der Waals surface area contributed by atoms with Crippen LogP contribution in [0.5, 0.6) is 0 Å². The number of aryl methyl sites for hydroxylation is 2. The summed E-state index contributed by atoms with van der Waals surface area (Å²) in [4.78, 5) is 15.2. The third kappa shape index (κ3) is 4.78. The smallest absolute Gasteiger partial charge is 0.266 e. The fourth-order valence-corrected chi connectivity index (χ4v) is 4.36. The molecule has 0 aliphatic carbocycles. The van der Waals surface area contributed by atoms with E-state index in [0.29, 0.717) is 5.69 Å². The molecule has 0 aromatic heterocycles. The number of benzene rings is 2. The number of nitrogens with one attached hydrogen (secondary N) is 1. The number of nitriles is 1. The van der Waals surface area contributed by atoms with Crippen LogP contribution < -0.4 is 10.2 Å². The van der Waals surface area contributed by atoms with E-state index in [-0.39, 0.29) is 11.1 Å². The van der Waals surface area contributed by atoms with Gasteiger partial charge in [-0.25, -0.2) is 0 Å². The first-order valence-electron chi connectivity index (χ1n) is 11.3. The minimum Gasteiger partial charge on any atom is -0.362 e. The fourth-order valence-electron chi connectivity index (χ4n) is 4.36. The van der Waals surface area contributed by atoms with Gasteiger partial charge in [-0.15, -0.1) is 0 Å². The molecule has 2 aromatic rings. The van der Waals surface area contributed by atoms with Crippen molar-refractivity contribution in [3.05, 3.63) is 70.3 Å². The van der Waals surface area contributed by atoms with Crippen molar-refractivity contribution in [3.8, 4) is 6.07 Å². The zero-order valence-electron chi connectivity index (χ0n) is 20.0. The molecule has 2 aromatic carbocycles. The van der Waals surface area contributed by atoms with Gasteiger partial charge in [-0.1, -0.05) is 32.1 Å². The number of carbonyl (C=O) groups is 1. The van der Waals surface area contributed by atoms with Gasteiger partial charge in [-0.2, -0.15) is 5.26 Å². The van der Waals surface area contributed by atoms with E-state index in [2.05, 4.69) is 69.1 Å². The number of anilines is 2. The molecule has 0 atom stereocenters. The number of hydrogen-bond acceptors (Lipinski definition) is 3. The first-order valence-corrected chi connectivity index (χ1v) is 11.3. The summed E-state index contributed by atoms with van der Waals surface area (Å²) in [6, 6.07) is 14.1. The van der Waals surface area contributed by atoms with Crippen molar-refractivity contribution in [2.75, 3.05) is 16.8 Å². The Kier molecular flexibility index (Phi) is 6.89. The predicted octanol–water partition coefficient (Wildman–Crippen LogP) is 6.52. The summed E-state index contributed by atoms with van der Waals surface area (Å²) in [5.74, 6) is -0.394. The maximum absolute atomic E-state index is 12.8. The molecule has 4 nitrogen and oxygen atoms in total. The van der Waals surface area contributed by atoms with Gasteiger partial charge in [-0.05, 0) is 93.1 Å². The highest BCUT2D eigenvalue weighted by molar-refractivity contribution is 6.09. The first-order chi connectivity index (χ1) is 15.2. The standard InChI is InChI=1S/C28H33N3O/c1-7-13-31-26-14-19(3)22(16-25(26)20(4)17-28(31,5)6)15-23(18-29)27(32)30-24-11-9-21(8-2)10-12-24/h9-12,14-17H,7-8,13H2,1-6H3,(H,30,32)/b23-15+. The van der Waals surface area contributed by atoms with Gasteiger partial charge in [0.25, 0.3) is 5.91 Å². The summed E-state index contributed by atoms with van der Waals surface area (Å²) in [6.07, 6.45) is 6.00. The zero-order chi connectivity index (χ0) is 23.5. The van der Waals surface area contributed by atoms with Crippen LogP contribution in [0.1, 0.15) is 63.3 Å². The van der Waals surface area contributed by atoms with E-state index in [0.717, 1.165) is 36.1 Å². The summed E-state index contributed by atoms with van der Waals surface area (Å²) in [5.41, 5.74) is 7.44. The Hall–Kier alpha value is -3.32. The average Bonchev–Trinajstić information content (AvgIpc) is 2.75. The molecule has 0 spiro atoms. The number of allylic oxidation sites excluding steroid dienone is 1. The lowest BCUT2D eigenvalue weighted by atomic mass is 9.86. The van der Waals surface area contributed by atoms with E-state index in [1.54, 1.807) is 6.08 Å². The number of carbonyl (C=O) groups excluding carboxylic acids is 1. The van der Waals surface area contributed by atoms with E-state index in [1.165, 1.54) is 16.8 Å². The van der Waals surface area contributed by atoms with Crippen LogP contribution in [-0.2, 0) is 11.2 Å². The van der Waals surface area contributed by atoms with Crippen molar-refractivity contribution in [2.45, 2.75) is 59.9 Å². The van der Waals surface area contributed by atoms with Crippen LogP contribution in [0.2, 0.25) is 0 Å². The molecule has 166 valence electrons. The van der Waals surface area contributed by atoms with E-state index in [9.17, 15) is 10.1 Å².